The zero-order chi connectivity index (χ0) is 10.7. The summed E-state index contributed by atoms with van der Waals surface area (Å²) in [6, 6.07) is 0. The molecule has 1 fully saturated rings. The molecular weight excluding hydrogens is 196 g/mol. The van der Waals surface area contributed by atoms with E-state index >= 15 is 0 Å². The second kappa shape index (κ2) is 4.31. The highest BCUT2D eigenvalue weighted by Crippen LogP contribution is 2.12. The van der Waals surface area contributed by atoms with Gasteiger partial charge < -0.3 is 15.8 Å². The van der Waals surface area contributed by atoms with E-state index in [2.05, 4.69) is 15.5 Å². The van der Waals surface area contributed by atoms with Crippen LogP contribution >= 0.6 is 0 Å². The number of ether oxygens (including phenoxy) is 1. The molecule has 82 valence electrons. The third-order valence-corrected chi connectivity index (χ3v) is 2.50. The highest BCUT2D eigenvalue weighted by atomic mass is 16.5. The van der Waals surface area contributed by atoms with Crippen LogP contribution in [0.4, 0.5) is 5.82 Å². The lowest BCUT2D eigenvalue weighted by atomic mass is 10.1. The predicted octanol–water partition coefficient (Wildman–Crippen LogP) is -0.355. The molecule has 0 bridgehead atoms. The SMILES string of the molecule is Nc1[nH]ncc1CNC(=O)C1CCOC1. The topological polar surface area (TPSA) is 93.0 Å². The third-order valence-electron chi connectivity index (χ3n) is 2.50. The highest BCUT2D eigenvalue weighted by Gasteiger charge is 2.23. The van der Waals surface area contributed by atoms with Crippen molar-refractivity contribution in [3.63, 3.8) is 0 Å². The molecule has 1 saturated heterocycles. The average molecular weight is 210 g/mol. The first-order valence-corrected chi connectivity index (χ1v) is 4.90. The lowest BCUT2D eigenvalue weighted by molar-refractivity contribution is -0.125. The summed E-state index contributed by atoms with van der Waals surface area (Å²) in [6.45, 7) is 1.61. The van der Waals surface area contributed by atoms with E-state index in [1.54, 1.807) is 6.20 Å². The molecule has 0 spiro atoms. The van der Waals surface area contributed by atoms with E-state index in [9.17, 15) is 4.79 Å². The zero-order valence-electron chi connectivity index (χ0n) is 8.32. The number of nitrogens with zero attached hydrogens (tertiary/aromatic N) is 1. The van der Waals surface area contributed by atoms with Crippen LogP contribution in [0.5, 0.6) is 0 Å². The molecule has 2 rings (SSSR count). The fraction of sp³-hybridized carbons (Fsp3) is 0.556. The fourth-order valence-corrected chi connectivity index (χ4v) is 1.53. The first kappa shape index (κ1) is 9.97. The number of nitrogens with one attached hydrogen (secondary N) is 2. The van der Waals surface area contributed by atoms with Crippen molar-refractivity contribution in [3.8, 4) is 0 Å². The van der Waals surface area contributed by atoms with Crippen molar-refractivity contribution in [2.45, 2.75) is 13.0 Å². The summed E-state index contributed by atoms with van der Waals surface area (Å²) in [7, 11) is 0. The average Bonchev–Trinajstić information content (AvgIpc) is 2.85. The van der Waals surface area contributed by atoms with Crippen molar-refractivity contribution >= 4 is 11.7 Å². The molecule has 1 aromatic heterocycles. The number of aromatic amines is 1. The molecule has 1 amide bonds. The molecule has 15 heavy (non-hydrogen) atoms. The van der Waals surface area contributed by atoms with Crippen LogP contribution in [0.2, 0.25) is 0 Å². The van der Waals surface area contributed by atoms with Gasteiger partial charge in [0.05, 0.1) is 18.7 Å². The molecule has 1 aliphatic rings. The van der Waals surface area contributed by atoms with E-state index in [0.29, 0.717) is 25.6 Å². The van der Waals surface area contributed by atoms with Gasteiger partial charge in [0.15, 0.2) is 0 Å². The highest BCUT2D eigenvalue weighted by molar-refractivity contribution is 5.79. The number of hydrogen-bond acceptors (Lipinski definition) is 4. The van der Waals surface area contributed by atoms with Crippen LogP contribution in [0.1, 0.15) is 12.0 Å². The van der Waals surface area contributed by atoms with Crippen LogP contribution < -0.4 is 11.1 Å². The lowest BCUT2D eigenvalue weighted by Crippen LogP contribution is -2.30. The number of anilines is 1. The predicted molar refractivity (Wildman–Crippen MR) is 53.8 cm³/mol. The number of nitrogens with two attached hydrogens (primary N) is 1. The Morgan fingerprint density at radius 3 is 3.27 bits per heavy atom. The Kier molecular flexibility index (Phi) is 2.86. The van der Waals surface area contributed by atoms with Gasteiger partial charge in [-0.05, 0) is 6.42 Å². The molecule has 1 aromatic rings. The van der Waals surface area contributed by atoms with Crippen LogP contribution in [0.3, 0.4) is 0 Å². The third kappa shape index (κ3) is 2.27. The second-order valence-electron chi connectivity index (χ2n) is 3.59. The molecule has 6 heteroatoms. The summed E-state index contributed by atoms with van der Waals surface area (Å²) in [4.78, 5) is 11.6. The van der Waals surface area contributed by atoms with Crippen LogP contribution in [0.25, 0.3) is 0 Å². The molecule has 4 N–H and O–H groups in total. The lowest BCUT2D eigenvalue weighted by Gasteiger charge is -2.08. The quantitative estimate of drug-likeness (QED) is 0.635. The van der Waals surface area contributed by atoms with Gasteiger partial charge in [0, 0.05) is 18.7 Å². The standard InChI is InChI=1S/C9H14N4O2/c10-8-7(4-12-13-8)3-11-9(14)6-1-2-15-5-6/h4,6H,1-3,5H2,(H,11,14)(H3,10,12,13). The van der Waals surface area contributed by atoms with Crippen LogP contribution in [0, 0.1) is 5.92 Å². The number of nitrogen functional groups attached to an aromatic ring is 1. The Bertz CT molecular complexity index is 344. The molecular formula is C9H14N4O2. The van der Waals surface area contributed by atoms with Crippen LogP contribution in [-0.2, 0) is 16.1 Å². The zero-order valence-corrected chi connectivity index (χ0v) is 8.32. The van der Waals surface area contributed by atoms with E-state index < -0.39 is 0 Å². The molecule has 1 unspecified atom stereocenters. The number of hydrogen-bond donors (Lipinski definition) is 3. The van der Waals surface area contributed by atoms with Gasteiger partial charge in [-0.1, -0.05) is 0 Å². The molecule has 0 aromatic carbocycles. The number of rotatable bonds is 3. The summed E-state index contributed by atoms with van der Waals surface area (Å²) in [6.07, 6.45) is 2.41. The smallest absolute Gasteiger partial charge is 0.225 e. The number of aromatic nitrogens is 2. The summed E-state index contributed by atoms with van der Waals surface area (Å²) in [5.41, 5.74) is 6.39. The van der Waals surface area contributed by atoms with Crippen molar-refractivity contribution in [2.75, 3.05) is 18.9 Å². The van der Waals surface area contributed by atoms with E-state index in [-0.39, 0.29) is 11.8 Å². The maximum atomic E-state index is 11.6. The van der Waals surface area contributed by atoms with Gasteiger partial charge in [-0.25, -0.2) is 0 Å². The van der Waals surface area contributed by atoms with Gasteiger partial charge in [0.25, 0.3) is 0 Å². The normalized spacial score (nSPS) is 20.4. The molecule has 0 saturated carbocycles. The molecule has 0 radical (unpaired) electrons. The van der Waals surface area contributed by atoms with E-state index in [0.717, 1.165) is 12.0 Å². The van der Waals surface area contributed by atoms with Gasteiger partial charge in [-0.2, -0.15) is 5.10 Å². The van der Waals surface area contributed by atoms with Gasteiger partial charge in [-0.3, -0.25) is 9.89 Å². The Morgan fingerprint density at radius 1 is 1.80 bits per heavy atom. The van der Waals surface area contributed by atoms with Crippen molar-refractivity contribution in [1.29, 1.82) is 0 Å². The Morgan fingerprint density at radius 2 is 2.67 bits per heavy atom. The summed E-state index contributed by atoms with van der Waals surface area (Å²) in [5, 5.41) is 9.19. The maximum absolute atomic E-state index is 11.6. The fourth-order valence-electron chi connectivity index (χ4n) is 1.53. The van der Waals surface area contributed by atoms with Crippen LogP contribution in [0.15, 0.2) is 6.20 Å². The van der Waals surface area contributed by atoms with Gasteiger partial charge in [0.1, 0.15) is 5.82 Å². The monoisotopic (exact) mass is 210 g/mol. The summed E-state index contributed by atoms with van der Waals surface area (Å²) in [5.74, 6) is 0.504. The minimum atomic E-state index is -0.0156. The molecule has 0 aliphatic carbocycles. The summed E-state index contributed by atoms with van der Waals surface area (Å²) < 4.78 is 5.13. The van der Waals surface area contributed by atoms with Gasteiger partial charge in [-0.15, -0.1) is 0 Å². The maximum Gasteiger partial charge on any atom is 0.225 e. The second-order valence-corrected chi connectivity index (χ2v) is 3.59. The number of H-pyrrole nitrogens is 1. The minimum absolute atomic E-state index is 0.0156. The largest absolute Gasteiger partial charge is 0.384 e. The number of carbonyl (C=O) groups is 1. The van der Waals surface area contributed by atoms with Crippen molar-refractivity contribution in [2.24, 2.45) is 5.92 Å². The van der Waals surface area contributed by atoms with Crippen molar-refractivity contribution < 1.29 is 9.53 Å². The van der Waals surface area contributed by atoms with Gasteiger partial charge in [0.2, 0.25) is 5.91 Å². The van der Waals surface area contributed by atoms with E-state index in [4.69, 9.17) is 10.5 Å². The molecule has 1 atom stereocenters. The number of carbonyl (C=O) groups excluding carboxylic acids is 1. The van der Waals surface area contributed by atoms with E-state index in [1.807, 2.05) is 0 Å². The molecule has 1 aliphatic heterocycles. The number of amides is 1. The first-order valence-electron chi connectivity index (χ1n) is 4.90. The minimum Gasteiger partial charge on any atom is -0.384 e. The summed E-state index contributed by atoms with van der Waals surface area (Å²) >= 11 is 0. The van der Waals surface area contributed by atoms with Crippen molar-refractivity contribution in [1.82, 2.24) is 15.5 Å². The first-order chi connectivity index (χ1) is 7.27. The van der Waals surface area contributed by atoms with Crippen LogP contribution in [-0.4, -0.2) is 29.3 Å². The van der Waals surface area contributed by atoms with Gasteiger partial charge >= 0.3 is 0 Å². The Labute approximate surface area is 87.2 Å². The Hall–Kier alpha value is -1.56. The van der Waals surface area contributed by atoms with E-state index in [1.165, 1.54) is 0 Å². The van der Waals surface area contributed by atoms with Crippen molar-refractivity contribution in [3.05, 3.63) is 11.8 Å². The Balaban J connectivity index is 1.83. The molecule has 2 heterocycles. The molecule has 6 nitrogen and oxygen atoms in total.